The van der Waals surface area contributed by atoms with Gasteiger partial charge in [-0.05, 0) is 26.0 Å². The summed E-state index contributed by atoms with van der Waals surface area (Å²) in [5.74, 6) is -0.0847. The molecule has 17 heavy (non-hydrogen) atoms. The summed E-state index contributed by atoms with van der Waals surface area (Å²) >= 11 is 0. The molecule has 1 rings (SSSR count). The topological polar surface area (TPSA) is 64.3 Å². The van der Waals surface area contributed by atoms with E-state index in [0.717, 1.165) is 0 Å². The summed E-state index contributed by atoms with van der Waals surface area (Å²) in [5.41, 5.74) is 6.92. The number of amides is 1. The van der Waals surface area contributed by atoms with E-state index in [9.17, 15) is 4.79 Å². The second-order valence-corrected chi connectivity index (χ2v) is 3.80. The van der Waals surface area contributed by atoms with E-state index in [0.29, 0.717) is 24.4 Å². The summed E-state index contributed by atoms with van der Waals surface area (Å²) in [5, 5.41) is 2.74. The highest BCUT2D eigenvalue weighted by molar-refractivity contribution is 5.93. The number of carbonyl (C=O) groups excluding carboxylic acids is 1. The number of nitrogen functional groups attached to an aromatic ring is 1. The molecule has 1 aromatic rings. The average Bonchev–Trinajstić information content (AvgIpc) is 2.21. The third kappa shape index (κ3) is 6.14. The summed E-state index contributed by atoms with van der Waals surface area (Å²) < 4.78 is 5.29. The Labute approximate surface area is 108 Å². The molecule has 0 saturated carbocycles. The Morgan fingerprint density at radius 2 is 2.06 bits per heavy atom. The van der Waals surface area contributed by atoms with Crippen LogP contribution in [0, 0.1) is 0 Å². The molecule has 1 amide bonds. The van der Waals surface area contributed by atoms with Gasteiger partial charge in [-0.2, -0.15) is 0 Å². The van der Waals surface area contributed by atoms with Crippen molar-refractivity contribution in [2.75, 3.05) is 17.7 Å². The van der Waals surface area contributed by atoms with Crippen molar-refractivity contribution < 1.29 is 9.53 Å². The van der Waals surface area contributed by atoms with Gasteiger partial charge in [0, 0.05) is 0 Å². The highest BCUT2D eigenvalue weighted by atomic mass is 35.5. The fraction of sp³-hybridized carbons (Fsp3) is 0.417. The smallest absolute Gasteiger partial charge is 0.226 e. The number of ether oxygens (including phenoxy) is 1. The minimum atomic E-state index is -0.0847. The molecule has 0 unspecified atom stereocenters. The predicted octanol–water partition coefficient (Wildman–Crippen LogP) is 2.44. The first-order valence-electron chi connectivity index (χ1n) is 5.35. The largest absolute Gasteiger partial charge is 0.397 e. The van der Waals surface area contributed by atoms with Crippen molar-refractivity contribution >= 4 is 29.7 Å². The summed E-state index contributed by atoms with van der Waals surface area (Å²) in [4.78, 5) is 11.5. The van der Waals surface area contributed by atoms with Crippen LogP contribution in [0.15, 0.2) is 24.3 Å². The fourth-order valence-corrected chi connectivity index (χ4v) is 1.21. The predicted molar refractivity (Wildman–Crippen MR) is 72.4 cm³/mol. The van der Waals surface area contributed by atoms with Crippen LogP contribution in [0.25, 0.3) is 0 Å². The second kappa shape index (κ2) is 7.92. The lowest BCUT2D eigenvalue weighted by molar-refractivity contribution is -0.117. The fourth-order valence-electron chi connectivity index (χ4n) is 1.21. The number of nitrogens with two attached hydrogens (primary N) is 1. The van der Waals surface area contributed by atoms with Gasteiger partial charge >= 0.3 is 0 Å². The summed E-state index contributed by atoms with van der Waals surface area (Å²) in [6, 6.07) is 7.18. The standard InChI is InChI=1S/C12H18N2O2.ClH/c1-9(2)16-8-7-12(15)14-11-6-4-3-5-10(11)13;/h3-6,9H,7-8,13H2,1-2H3,(H,14,15);1H. The Kier molecular flexibility index (Phi) is 7.34. The van der Waals surface area contributed by atoms with Crippen LogP contribution in [0.3, 0.4) is 0 Å². The van der Waals surface area contributed by atoms with E-state index >= 15 is 0 Å². The third-order valence-electron chi connectivity index (χ3n) is 2.02. The van der Waals surface area contributed by atoms with Gasteiger partial charge in [0.1, 0.15) is 0 Å². The van der Waals surface area contributed by atoms with Gasteiger partial charge in [0.05, 0.1) is 30.5 Å². The average molecular weight is 259 g/mol. The van der Waals surface area contributed by atoms with Crippen LogP contribution in [-0.4, -0.2) is 18.6 Å². The molecule has 1 aromatic carbocycles. The van der Waals surface area contributed by atoms with Crippen LogP contribution in [0.5, 0.6) is 0 Å². The van der Waals surface area contributed by atoms with Crippen LogP contribution in [0.2, 0.25) is 0 Å². The number of hydrogen-bond donors (Lipinski definition) is 2. The number of nitrogens with one attached hydrogen (secondary N) is 1. The minimum absolute atomic E-state index is 0. The number of para-hydroxylation sites is 2. The third-order valence-corrected chi connectivity index (χ3v) is 2.02. The number of halogens is 1. The first-order chi connectivity index (χ1) is 7.59. The van der Waals surface area contributed by atoms with E-state index in [1.54, 1.807) is 12.1 Å². The molecule has 0 radical (unpaired) electrons. The molecule has 0 aromatic heterocycles. The molecule has 4 nitrogen and oxygen atoms in total. The Morgan fingerprint density at radius 1 is 1.41 bits per heavy atom. The second-order valence-electron chi connectivity index (χ2n) is 3.80. The van der Waals surface area contributed by atoms with Gasteiger partial charge < -0.3 is 15.8 Å². The van der Waals surface area contributed by atoms with E-state index in [-0.39, 0.29) is 24.4 Å². The van der Waals surface area contributed by atoms with E-state index in [2.05, 4.69) is 5.32 Å². The number of rotatable bonds is 5. The number of hydrogen-bond acceptors (Lipinski definition) is 3. The van der Waals surface area contributed by atoms with Crippen LogP contribution < -0.4 is 11.1 Å². The zero-order valence-corrected chi connectivity index (χ0v) is 10.9. The van der Waals surface area contributed by atoms with Crippen LogP contribution in [-0.2, 0) is 9.53 Å². The van der Waals surface area contributed by atoms with E-state index < -0.39 is 0 Å². The lowest BCUT2D eigenvalue weighted by atomic mass is 10.2. The van der Waals surface area contributed by atoms with Gasteiger partial charge in [0.15, 0.2) is 0 Å². The molecule has 0 saturated heterocycles. The molecule has 96 valence electrons. The molecule has 0 fully saturated rings. The molecule has 0 atom stereocenters. The maximum Gasteiger partial charge on any atom is 0.226 e. The number of benzene rings is 1. The van der Waals surface area contributed by atoms with Crippen molar-refractivity contribution in [1.29, 1.82) is 0 Å². The highest BCUT2D eigenvalue weighted by Crippen LogP contribution is 2.16. The molecule has 0 spiro atoms. The highest BCUT2D eigenvalue weighted by Gasteiger charge is 2.04. The lowest BCUT2D eigenvalue weighted by Gasteiger charge is -2.09. The maximum absolute atomic E-state index is 11.5. The molecule has 0 heterocycles. The zero-order valence-electron chi connectivity index (χ0n) is 10.1. The first-order valence-corrected chi connectivity index (χ1v) is 5.35. The maximum atomic E-state index is 11.5. The van der Waals surface area contributed by atoms with Crippen molar-refractivity contribution in [3.63, 3.8) is 0 Å². The van der Waals surface area contributed by atoms with Crippen molar-refractivity contribution in [2.45, 2.75) is 26.4 Å². The normalized spacial score (nSPS) is 9.82. The van der Waals surface area contributed by atoms with Gasteiger partial charge in [0.25, 0.3) is 0 Å². The van der Waals surface area contributed by atoms with E-state index in [1.807, 2.05) is 26.0 Å². The van der Waals surface area contributed by atoms with Crippen molar-refractivity contribution in [1.82, 2.24) is 0 Å². The molecule has 3 N–H and O–H groups in total. The molecule has 0 aliphatic rings. The number of carbonyl (C=O) groups is 1. The van der Waals surface area contributed by atoms with Gasteiger partial charge in [-0.1, -0.05) is 12.1 Å². The van der Waals surface area contributed by atoms with Gasteiger partial charge in [-0.15, -0.1) is 12.4 Å². The van der Waals surface area contributed by atoms with Gasteiger partial charge in [0.2, 0.25) is 5.91 Å². The molecule has 0 aliphatic heterocycles. The Morgan fingerprint density at radius 3 is 2.65 bits per heavy atom. The summed E-state index contributed by atoms with van der Waals surface area (Å²) in [7, 11) is 0. The Bertz CT molecular complexity index is 356. The first kappa shape index (κ1) is 15.7. The molecule has 0 bridgehead atoms. The SMILES string of the molecule is CC(C)OCCC(=O)Nc1ccccc1N.Cl. The minimum Gasteiger partial charge on any atom is -0.397 e. The van der Waals surface area contributed by atoms with Gasteiger partial charge in [-0.3, -0.25) is 4.79 Å². The summed E-state index contributed by atoms with van der Waals surface area (Å²) in [6.07, 6.45) is 0.488. The quantitative estimate of drug-likeness (QED) is 0.798. The van der Waals surface area contributed by atoms with E-state index in [1.165, 1.54) is 0 Å². The lowest BCUT2D eigenvalue weighted by Crippen LogP contribution is -2.16. The zero-order chi connectivity index (χ0) is 12.0. The molecule has 5 heteroatoms. The van der Waals surface area contributed by atoms with Crippen LogP contribution in [0.4, 0.5) is 11.4 Å². The number of anilines is 2. The van der Waals surface area contributed by atoms with E-state index in [4.69, 9.17) is 10.5 Å². The van der Waals surface area contributed by atoms with Crippen molar-refractivity contribution in [3.05, 3.63) is 24.3 Å². The monoisotopic (exact) mass is 258 g/mol. The van der Waals surface area contributed by atoms with Crippen molar-refractivity contribution in [3.8, 4) is 0 Å². The molecule has 0 aliphatic carbocycles. The Balaban J connectivity index is 0.00000256. The van der Waals surface area contributed by atoms with Gasteiger partial charge in [-0.25, -0.2) is 0 Å². The molecular weight excluding hydrogens is 240 g/mol. The van der Waals surface area contributed by atoms with Crippen molar-refractivity contribution in [2.24, 2.45) is 0 Å². The van der Waals surface area contributed by atoms with Crippen LogP contribution in [0.1, 0.15) is 20.3 Å². The molecular formula is C12H19ClN2O2. The van der Waals surface area contributed by atoms with Crippen LogP contribution >= 0.6 is 12.4 Å². The summed E-state index contributed by atoms with van der Waals surface area (Å²) in [6.45, 7) is 4.30. The Hall–Kier alpha value is -1.26.